The van der Waals surface area contributed by atoms with Gasteiger partial charge in [0.05, 0.1) is 17.5 Å². The van der Waals surface area contributed by atoms with E-state index in [1.54, 1.807) is 16.8 Å². The molecule has 0 radical (unpaired) electrons. The molecule has 3 heterocycles. The van der Waals surface area contributed by atoms with E-state index in [0.29, 0.717) is 6.42 Å². The van der Waals surface area contributed by atoms with E-state index in [9.17, 15) is 9.18 Å². The fourth-order valence-corrected chi connectivity index (χ4v) is 3.88. The van der Waals surface area contributed by atoms with Crippen LogP contribution >= 0.6 is 0 Å². The molecule has 5 nitrogen and oxygen atoms in total. The lowest BCUT2D eigenvalue weighted by molar-refractivity contribution is -0.141. The van der Waals surface area contributed by atoms with Crippen LogP contribution in [0.5, 0.6) is 0 Å². The summed E-state index contributed by atoms with van der Waals surface area (Å²) in [7, 11) is 0. The third kappa shape index (κ3) is 2.51. The van der Waals surface area contributed by atoms with Crippen LogP contribution < -0.4 is 0 Å². The first kappa shape index (κ1) is 15.3. The number of fused-ring (bicyclic) bond motifs is 1. The summed E-state index contributed by atoms with van der Waals surface area (Å²) in [4.78, 5) is 16.5. The highest BCUT2D eigenvalue weighted by atomic mass is 19.1. The van der Waals surface area contributed by atoms with Crippen LogP contribution in [0.4, 0.5) is 4.39 Å². The summed E-state index contributed by atoms with van der Waals surface area (Å²) in [6.07, 6.45) is 6.36. The van der Waals surface area contributed by atoms with E-state index in [4.69, 9.17) is 0 Å². The first-order valence-corrected chi connectivity index (χ1v) is 8.41. The summed E-state index contributed by atoms with van der Waals surface area (Å²) < 4.78 is 14.8. The van der Waals surface area contributed by atoms with Gasteiger partial charge in [0.15, 0.2) is 0 Å². The number of hydrogen-bond donors (Lipinski definition) is 0. The highest BCUT2D eigenvalue weighted by molar-refractivity contribution is 5.79. The second-order valence-corrected chi connectivity index (χ2v) is 6.81. The van der Waals surface area contributed by atoms with Crippen molar-refractivity contribution in [1.82, 2.24) is 19.6 Å². The topological polar surface area (TPSA) is 41.4 Å². The average Bonchev–Trinajstić information content (AvgIpc) is 3.15. The Balaban J connectivity index is 1.53. The lowest BCUT2D eigenvalue weighted by atomic mass is 10.0. The Kier molecular flexibility index (Phi) is 3.64. The van der Waals surface area contributed by atoms with Crippen molar-refractivity contribution in [2.75, 3.05) is 13.1 Å². The predicted octanol–water partition coefficient (Wildman–Crippen LogP) is 2.56. The van der Waals surface area contributed by atoms with Crippen molar-refractivity contribution < 1.29 is 9.18 Å². The maximum atomic E-state index is 13.0. The van der Waals surface area contributed by atoms with Crippen LogP contribution in [0.3, 0.4) is 0 Å². The molecule has 0 N–H and O–H groups in total. The summed E-state index contributed by atoms with van der Waals surface area (Å²) in [6.45, 7) is 4.78. The Morgan fingerprint density at radius 3 is 2.83 bits per heavy atom. The van der Waals surface area contributed by atoms with Crippen molar-refractivity contribution >= 4 is 5.91 Å². The molecular weight excluding hydrogens is 307 g/mol. The molecule has 0 bridgehead atoms. The van der Waals surface area contributed by atoms with Gasteiger partial charge in [-0.15, -0.1) is 0 Å². The van der Waals surface area contributed by atoms with Gasteiger partial charge in [0, 0.05) is 37.8 Å². The Hall–Kier alpha value is -2.21. The first-order chi connectivity index (χ1) is 11.6. The molecule has 0 aliphatic carbocycles. The number of amides is 1. The smallest absolute Gasteiger partial charge is 0.224 e. The van der Waals surface area contributed by atoms with Crippen molar-refractivity contribution in [1.29, 1.82) is 0 Å². The van der Waals surface area contributed by atoms with Gasteiger partial charge in [-0.2, -0.15) is 5.10 Å². The minimum Gasteiger partial charge on any atom is -0.324 e. The van der Waals surface area contributed by atoms with Crippen LogP contribution in [0.2, 0.25) is 0 Å². The molecule has 1 aromatic carbocycles. The van der Waals surface area contributed by atoms with Gasteiger partial charge in [0.25, 0.3) is 0 Å². The standard InChI is InChI=1S/C18H21FN4O/c1-18-8-7-17(24)22(18)10-2-9-21(18)12-14-11-20-23(13-14)16-5-3-15(19)4-6-16/h3-6,11,13H,2,7-10,12H2,1H3/t18-/m1/s1. The molecule has 1 aromatic heterocycles. The molecule has 2 saturated heterocycles. The van der Waals surface area contributed by atoms with E-state index in [1.165, 1.54) is 12.1 Å². The van der Waals surface area contributed by atoms with Crippen molar-refractivity contribution in [3.05, 3.63) is 48.0 Å². The molecule has 6 heteroatoms. The van der Waals surface area contributed by atoms with E-state index in [1.807, 2.05) is 17.3 Å². The molecule has 126 valence electrons. The summed E-state index contributed by atoms with van der Waals surface area (Å²) in [5.41, 5.74) is 1.76. The number of carbonyl (C=O) groups excluding carboxylic acids is 1. The molecule has 0 saturated carbocycles. The monoisotopic (exact) mass is 328 g/mol. The van der Waals surface area contributed by atoms with Gasteiger partial charge >= 0.3 is 0 Å². The largest absolute Gasteiger partial charge is 0.324 e. The molecule has 2 aromatic rings. The summed E-state index contributed by atoms with van der Waals surface area (Å²) in [6, 6.07) is 6.30. The fraction of sp³-hybridized carbons (Fsp3) is 0.444. The molecule has 4 rings (SSSR count). The number of hydrogen-bond acceptors (Lipinski definition) is 3. The molecular formula is C18H21FN4O. The van der Waals surface area contributed by atoms with E-state index in [0.717, 1.165) is 43.7 Å². The van der Waals surface area contributed by atoms with Crippen molar-refractivity contribution in [2.24, 2.45) is 0 Å². The highest BCUT2D eigenvalue weighted by Crippen LogP contribution is 2.37. The van der Waals surface area contributed by atoms with E-state index >= 15 is 0 Å². The third-order valence-electron chi connectivity index (χ3n) is 5.29. The summed E-state index contributed by atoms with van der Waals surface area (Å²) in [5.74, 6) is 0.0163. The molecule has 24 heavy (non-hydrogen) atoms. The Morgan fingerprint density at radius 1 is 1.25 bits per heavy atom. The molecule has 1 atom stereocenters. The molecule has 2 aliphatic heterocycles. The van der Waals surface area contributed by atoms with Gasteiger partial charge < -0.3 is 4.90 Å². The third-order valence-corrected chi connectivity index (χ3v) is 5.29. The zero-order valence-corrected chi connectivity index (χ0v) is 13.8. The average molecular weight is 328 g/mol. The first-order valence-electron chi connectivity index (χ1n) is 8.41. The second-order valence-electron chi connectivity index (χ2n) is 6.81. The maximum absolute atomic E-state index is 13.0. The SMILES string of the molecule is C[C@]12CCC(=O)N1CCCN2Cc1cnn(-c2ccc(F)cc2)c1. The van der Waals surface area contributed by atoms with Gasteiger partial charge in [0.1, 0.15) is 5.82 Å². The normalized spacial score (nSPS) is 24.4. The number of carbonyl (C=O) groups is 1. The van der Waals surface area contributed by atoms with E-state index in [2.05, 4.69) is 16.9 Å². The van der Waals surface area contributed by atoms with Crippen molar-refractivity contribution in [2.45, 2.75) is 38.4 Å². The van der Waals surface area contributed by atoms with Crippen molar-refractivity contribution in [3.63, 3.8) is 0 Å². The lowest BCUT2D eigenvalue weighted by Gasteiger charge is -2.48. The Morgan fingerprint density at radius 2 is 2.04 bits per heavy atom. The van der Waals surface area contributed by atoms with Gasteiger partial charge in [-0.3, -0.25) is 9.69 Å². The number of halogens is 1. The minimum absolute atomic E-state index is 0.173. The highest BCUT2D eigenvalue weighted by Gasteiger charge is 2.47. The Labute approximate surface area is 140 Å². The predicted molar refractivity (Wildman–Crippen MR) is 87.9 cm³/mol. The summed E-state index contributed by atoms with van der Waals surface area (Å²) in [5, 5.41) is 4.39. The van der Waals surface area contributed by atoms with Crippen molar-refractivity contribution in [3.8, 4) is 5.69 Å². The van der Waals surface area contributed by atoms with Gasteiger partial charge in [0.2, 0.25) is 5.91 Å². The lowest BCUT2D eigenvalue weighted by Crippen LogP contribution is -2.60. The van der Waals surface area contributed by atoms with Crippen LogP contribution in [-0.2, 0) is 11.3 Å². The molecule has 0 unspecified atom stereocenters. The zero-order chi connectivity index (χ0) is 16.7. The van der Waals surface area contributed by atoms with Crippen LogP contribution in [0.15, 0.2) is 36.7 Å². The minimum atomic E-state index is -0.252. The van der Waals surface area contributed by atoms with Crippen LogP contribution in [0.1, 0.15) is 31.7 Å². The number of nitrogens with zero attached hydrogens (tertiary/aromatic N) is 4. The number of aromatic nitrogens is 2. The van der Waals surface area contributed by atoms with Gasteiger partial charge in [-0.1, -0.05) is 0 Å². The van der Waals surface area contributed by atoms with Crippen LogP contribution in [0, 0.1) is 5.82 Å². The van der Waals surface area contributed by atoms with Gasteiger partial charge in [-0.25, -0.2) is 9.07 Å². The van der Waals surface area contributed by atoms with Gasteiger partial charge in [-0.05, 0) is 44.0 Å². The number of benzene rings is 1. The van der Waals surface area contributed by atoms with E-state index < -0.39 is 0 Å². The summed E-state index contributed by atoms with van der Waals surface area (Å²) >= 11 is 0. The fourth-order valence-electron chi connectivity index (χ4n) is 3.88. The van der Waals surface area contributed by atoms with Crippen LogP contribution in [-0.4, -0.2) is 44.2 Å². The van der Waals surface area contributed by atoms with E-state index in [-0.39, 0.29) is 17.4 Å². The molecule has 0 spiro atoms. The quantitative estimate of drug-likeness (QED) is 0.869. The molecule has 1 amide bonds. The molecule has 2 fully saturated rings. The van der Waals surface area contributed by atoms with Crippen LogP contribution in [0.25, 0.3) is 5.69 Å². The zero-order valence-electron chi connectivity index (χ0n) is 13.8. The number of rotatable bonds is 3. The molecule has 2 aliphatic rings. The Bertz CT molecular complexity index is 757. The maximum Gasteiger partial charge on any atom is 0.224 e. The second kappa shape index (κ2) is 5.70.